The van der Waals surface area contributed by atoms with E-state index in [-0.39, 0.29) is 24.9 Å². The number of hydrogen-bond acceptors (Lipinski definition) is 7. The van der Waals surface area contributed by atoms with E-state index in [2.05, 4.69) is 9.88 Å². The summed E-state index contributed by atoms with van der Waals surface area (Å²) in [6.07, 6.45) is 2.66. The standard InChI is InChI=1S/C27H36N4O5/c1-27(2,3)36-26(33)30-13-10-23(11-14-30)35-24-19-22(9-12-28-24)29-15-17-31(18-16-29)25(32)34-20-21-7-5-4-6-8-21/h4-9,12,19,23H,10-11,13-18,20H2,1-3H3. The van der Waals surface area contributed by atoms with Crippen LogP contribution < -0.4 is 9.64 Å². The summed E-state index contributed by atoms with van der Waals surface area (Å²) >= 11 is 0. The number of pyridine rings is 1. The summed E-state index contributed by atoms with van der Waals surface area (Å²) in [5, 5.41) is 0. The maximum atomic E-state index is 12.4. The molecule has 3 heterocycles. The van der Waals surface area contributed by atoms with Gasteiger partial charge >= 0.3 is 12.2 Å². The minimum Gasteiger partial charge on any atom is -0.474 e. The fourth-order valence-corrected chi connectivity index (χ4v) is 4.27. The van der Waals surface area contributed by atoms with Crippen LogP contribution in [0, 0.1) is 0 Å². The Kier molecular flexibility index (Phi) is 8.18. The Hall–Kier alpha value is -3.49. The van der Waals surface area contributed by atoms with Gasteiger partial charge < -0.3 is 28.9 Å². The third-order valence-corrected chi connectivity index (χ3v) is 6.21. The van der Waals surface area contributed by atoms with Gasteiger partial charge in [-0.3, -0.25) is 0 Å². The largest absolute Gasteiger partial charge is 0.474 e. The number of amides is 2. The summed E-state index contributed by atoms with van der Waals surface area (Å²) in [6, 6.07) is 13.6. The van der Waals surface area contributed by atoms with Crippen molar-refractivity contribution in [1.29, 1.82) is 0 Å². The third-order valence-electron chi connectivity index (χ3n) is 6.21. The van der Waals surface area contributed by atoms with Gasteiger partial charge in [-0.05, 0) is 32.4 Å². The number of carbonyl (C=O) groups excluding carboxylic acids is 2. The van der Waals surface area contributed by atoms with Crippen LogP contribution in [-0.4, -0.2) is 77.9 Å². The zero-order chi connectivity index (χ0) is 25.5. The number of aromatic nitrogens is 1. The molecule has 2 amide bonds. The lowest BCUT2D eigenvalue weighted by Crippen LogP contribution is -2.49. The second kappa shape index (κ2) is 11.5. The van der Waals surface area contributed by atoms with Crippen LogP contribution in [0.2, 0.25) is 0 Å². The molecule has 9 nitrogen and oxygen atoms in total. The molecule has 1 aromatic heterocycles. The number of benzene rings is 1. The van der Waals surface area contributed by atoms with Gasteiger partial charge in [0, 0.05) is 70.1 Å². The summed E-state index contributed by atoms with van der Waals surface area (Å²) in [4.78, 5) is 34.8. The highest BCUT2D eigenvalue weighted by atomic mass is 16.6. The smallest absolute Gasteiger partial charge is 0.410 e. The van der Waals surface area contributed by atoms with Crippen molar-refractivity contribution in [2.75, 3.05) is 44.2 Å². The number of carbonyl (C=O) groups is 2. The van der Waals surface area contributed by atoms with Gasteiger partial charge in [0.25, 0.3) is 0 Å². The molecule has 0 bridgehead atoms. The molecule has 9 heteroatoms. The summed E-state index contributed by atoms with van der Waals surface area (Å²) in [7, 11) is 0. The minimum atomic E-state index is -0.497. The van der Waals surface area contributed by atoms with E-state index in [0.29, 0.717) is 45.1 Å². The first-order valence-electron chi connectivity index (χ1n) is 12.6. The Morgan fingerprint density at radius 2 is 1.58 bits per heavy atom. The Balaban J connectivity index is 1.22. The molecular weight excluding hydrogens is 460 g/mol. The SMILES string of the molecule is CC(C)(C)OC(=O)N1CCC(Oc2cc(N3CCN(C(=O)OCc4ccccc4)CC3)ccn2)CC1. The van der Waals surface area contributed by atoms with Gasteiger partial charge in [0.2, 0.25) is 5.88 Å². The first-order valence-corrected chi connectivity index (χ1v) is 12.6. The lowest BCUT2D eigenvalue weighted by atomic mass is 10.1. The Bertz CT molecular complexity index is 1010. The number of hydrogen-bond donors (Lipinski definition) is 0. The monoisotopic (exact) mass is 496 g/mol. The summed E-state index contributed by atoms with van der Waals surface area (Å²) in [5.74, 6) is 0.577. The molecule has 2 saturated heterocycles. The Morgan fingerprint density at radius 3 is 2.25 bits per heavy atom. The zero-order valence-electron chi connectivity index (χ0n) is 21.4. The lowest BCUT2D eigenvalue weighted by Gasteiger charge is -2.35. The highest BCUT2D eigenvalue weighted by Crippen LogP contribution is 2.24. The molecule has 0 unspecified atom stereocenters. The predicted octanol–water partition coefficient (Wildman–Crippen LogP) is 4.32. The van der Waals surface area contributed by atoms with Crippen LogP contribution in [-0.2, 0) is 16.1 Å². The maximum absolute atomic E-state index is 12.4. The van der Waals surface area contributed by atoms with Gasteiger partial charge in [-0.15, -0.1) is 0 Å². The van der Waals surface area contributed by atoms with E-state index in [9.17, 15) is 9.59 Å². The third kappa shape index (κ3) is 7.26. The molecule has 0 atom stereocenters. The van der Waals surface area contributed by atoms with Gasteiger partial charge in [0.05, 0.1) is 0 Å². The number of anilines is 1. The van der Waals surface area contributed by atoms with Gasteiger partial charge in [0.1, 0.15) is 18.3 Å². The average Bonchev–Trinajstić information content (AvgIpc) is 2.87. The molecule has 0 radical (unpaired) electrons. The number of likely N-dealkylation sites (tertiary alicyclic amines) is 1. The number of nitrogens with zero attached hydrogens (tertiary/aromatic N) is 4. The summed E-state index contributed by atoms with van der Waals surface area (Å²) < 4.78 is 17.1. The van der Waals surface area contributed by atoms with Crippen LogP contribution in [0.3, 0.4) is 0 Å². The summed E-state index contributed by atoms with van der Waals surface area (Å²) in [6.45, 7) is 9.69. The molecule has 2 aliphatic rings. The number of piperidine rings is 1. The van der Waals surface area contributed by atoms with E-state index >= 15 is 0 Å². The fourth-order valence-electron chi connectivity index (χ4n) is 4.27. The molecule has 0 saturated carbocycles. The minimum absolute atomic E-state index is 0.00247. The van der Waals surface area contributed by atoms with Crippen LogP contribution in [0.15, 0.2) is 48.7 Å². The first kappa shape index (κ1) is 25.6. The van der Waals surface area contributed by atoms with Crippen molar-refractivity contribution in [1.82, 2.24) is 14.8 Å². The molecule has 2 aliphatic heterocycles. The van der Waals surface area contributed by atoms with Crippen molar-refractivity contribution in [3.8, 4) is 5.88 Å². The van der Waals surface area contributed by atoms with Crippen molar-refractivity contribution in [3.05, 3.63) is 54.2 Å². The van der Waals surface area contributed by atoms with Gasteiger partial charge in [-0.2, -0.15) is 0 Å². The zero-order valence-corrected chi connectivity index (χ0v) is 21.4. The first-order chi connectivity index (χ1) is 17.3. The van der Waals surface area contributed by atoms with Gasteiger partial charge in [-0.25, -0.2) is 14.6 Å². The van der Waals surface area contributed by atoms with Crippen LogP contribution in [0.4, 0.5) is 15.3 Å². The van der Waals surface area contributed by atoms with E-state index in [1.54, 1.807) is 16.0 Å². The second-order valence-electron chi connectivity index (χ2n) is 10.2. The molecule has 1 aromatic carbocycles. The lowest BCUT2D eigenvalue weighted by molar-refractivity contribution is 0.0123. The Labute approximate surface area is 212 Å². The average molecular weight is 497 g/mol. The highest BCUT2D eigenvalue weighted by Gasteiger charge is 2.28. The number of ether oxygens (including phenoxy) is 3. The van der Waals surface area contributed by atoms with E-state index in [4.69, 9.17) is 14.2 Å². The maximum Gasteiger partial charge on any atom is 0.410 e. The predicted molar refractivity (Wildman–Crippen MR) is 136 cm³/mol. The molecular formula is C27H36N4O5. The van der Waals surface area contributed by atoms with Crippen molar-refractivity contribution in [2.24, 2.45) is 0 Å². The van der Waals surface area contributed by atoms with Crippen molar-refractivity contribution in [3.63, 3.8) is 0 Å². The topological polar surface area (TPSA) is 84.4 Å². The van der Waals surface area contributed by atoms with E-state index in [1.807, 2.05) is 63.2 Å². The fraction of sp³-hybridized carbons (Fsp3) is 0.519. The second-order valence-corrected chi connectivity index (χ2v) is 10.2. The molecule has 4 rings (SSSR count). The van der Waals surface area contributed by atoms with Crippen LogP contribution in [0.5, 0.6) is 5.88 Å². The molecule has 36 heavy (non-hydrogen) atoms. The highest BCUT2D eigenvalue weighted by molar-refractivity contribution is 5.68. The number of rotatable bonds is 5. The van der Waals surface area contributed by atoms with Crippen LogP contribution >= 0.6 is 0 Å². The molecule has 194 valence electrons. The van der Waals surface area contributed by atoms with E-state index < -0.39 is 5.60 Å². The molecule has 2 fully saturated rings. The van der Waals surface area contributed by atoms with Crippen LogP contribution in [0.1, 0.15) is 39.2 Å². The Morgan fingerprint density at radius 1 is 0.917 bits per heavy atom. The van der Waals surface area contributed by atoms with Crippen molar-refractivity contribution >= 4 is 17.9 Å². The molecule has 0 N–H and O–H groups in total. The summed E-state index contributed by atoms with van der Waals surface area (Å²) in [5.41, 5.74) is 1.50. The van der Waals surface area contributed by atoms with E-state index in [0.717, 1.165) is 24.1 Å². The van der Waals surface area contributed by atoms with Crippen LogP contribution in [0.25, 0.3) is 0 Å². The molecule has 0 spiro atoms. The van der Waals surface area contributed by atoms with Crippen molar-refractivity contribution in [2.45, 2.75) is 51.9 Å². The van der Waals surface area contributed by atoms with Gasteiger partial charge in [0.15, 0.2) is 0 Å². The quantitative estimate of drug-likeness (QED) is 0.610. The molecule has 2 aromatic rings. The van der Waals surface area contributed by atoms with Crippen molar-refractivity contribution < 1.29 is 23.8 Å². The number of piperazine rings is 1. The normalized spacial score (nSPS) is 17.0. The molecule has 0 aliphatic carbocycles. The van der Waals surface area contributed by atoms with E-state index in [1.165, 1.54) is 0 Å². The van der Waals surface area contributed by atoms with Gasteiger partial charge in [-0.1, -0.05) is 30.3 Å².